The van der Waals surface area contributed by atoms with Crippen molar-refractivity contribution in [1.82, 2.24) is 14.8 Å². The summed E-state index contributed by atoms with van der Waals surface area (Å²) in [7, 11) is -3.63. The molecule has 7 heteroatoms. The first-order chi connectivity index (χ1) is 11.8. The van der Waals surface area contributed by atoms with Gasteiger partial charge < -0.3 is 0 Å². The zero-order valence-corrected chi connectivity index (χ0v) is 15.2. The molecule has 6 nitrogen and oxygen atoms in total. The van der Waals surface area contributed by atoms with Crippen molar-refractivity contribution in [3.63, 3.8) is 0 Å². The summed E-state index contributed by atoms with van der Waals surface area (Å²) in [5.41, 5.74) is 4.07. The highest BCUT2D eigenvalue weighted by Crippen LogP contribution is 2.24. The summed E-state index contributed by atoms with van der Waals surface area (Å²) >= 11 is 0. The van der Waals surface area contributed by atoms with Crippen LogP contribution in [0.4, 0.5) is 5.69 Å². The van der Waals surface area contributed by atoms with Crippen molar-refractivity contribution in [1.29, 1.82) is 0 Å². The standard InChI is InChI=1S/C18H20N4O2S/c1-13-8-14(2)18(15(3)9-13)25(23,24)21-17-6-4-16(5-7-17)10-22-12-19-11-20-22/h4-9,11-12,21H,10H2,1-3H3. The fraction of sp³-hybridized carbons (Fsp3) is 0.222. The van der Waals surface area contributed by atoms with E-state index in [4.69, 9.17) is 0 Å². The number of hydrogen-bond donors (Lipinski definition) is 1. The molecule has 1 aromatic heterocycles. The number of nitrogens with zero attached hydrogens (tertiary/aromatic N) is 3. The minimum Gasteiger partial charge on any atom is -0.280 e. The number of sulfonamides is 1. The maximum Gasteiger partial charge on any atom is 0.262 e. The third kappa shape index (κ3) is 3.88. The van der Waals surface area contributed by atoms with Gasteiger partial charge in [-0.05, 0) is 49.6 Å². The Hall–Kier alpha value is -2.67. The monoisotopic (exact) mass is 356 g/mol. The number of hydrogen-bond acceptors (Lipinski definition) is 4. The second-order valence-corrected chi connectivity index (χ2v) is 7.74. The predicted molar refractivity (Wildman–Crippen MR) is 97.0 cm³/mol. The van der Waals surface area contributed by atoms with Crippen LogP contribution in [-0.2, 0) is 16.6 Å². The summed E-state index contributed by atoms with van der Waals surface area (Å²) in [4.78, 5) is 4.24. The smallest absolute Gasteiger partial charge is 0.262 e. The van der Waals surface area contributed by atoms with Crippen LogP contribution in [0.1, 0.15) is 22.3 Å². The van der Waals surface area contributed by atoms with E-state index >= 15 is 0 Å². The highest BCUT2D eigenvalue weighted by Gasteiger charge is 2.20. The van der Waals surface area contributed by atoms with Gasteiger partial charge in [0.05, 0.1) is 11.4 Å². The van der Waals surface area contributed by atoms with Crippen LogP contribution in [0.25, 0.3) is 0 Å². The van der Waals surface area contributed by atoms with Gasteiger partial charge in [-0.15, -0.1) is 0 Å². The SMILES string of the molecule is Cc1cc(C)c(S(=O)(=O)Nc2ccc(Cn3cncn3)cc2)c(C)c1. The maximum absolute atomic E-state index is 12.8. The highest BCUT2D eigenvalue weighted by atomic mass is 32.2. The molecule has 0 saturated carbocycles. The van der Waals surface area contributed by atoms with Gasteiger partial charge in [0, 0.05) is 5.69 Å². The van der Waals surface area contributed by atoms with Crippen molar-refractivity contribution in [3.05, 3.63) is 71.3 Å². The van der Waals surface area contributed by atoms with Gasteiger partial charge in [-0.25, -0.2) is 18.1 Å². The topological polar surface area (TPSA) is 76.9 Å². The Balaban J connectivity index is 1.82. The first kappa shape index (κ1) is 17.2. The molecule has 0 bridgehead atoms. The summed E-state index contributed by atoms with van der Waals surface area (Å²) in [6.45, 7) is 6.17. The van der Waals surface area contributed by atoms with Gasteiger partial charge in [0.2, 0.25) is 0 Å². The summed E-state index contributed by atoms with van der Waals surface area (Å²) in [5, 5.41) is 4.05. The van der Waals surface area contributed by atoms with E-state index in [1.165, 1.54) is 6.33 Å². The molecule has 2 aromatic carbocycles. The lowest BCUT2D eigenvalue weighted by molar-refractivity contribution is 0.600. The van der Waals surface area contributed by atoms with Crippen molar-refractivity contribution < 1.29 is 8.42 Å². The van der Waals surface area contributed by atoms with E-state index < -0.39 is 10.0 Å². The lowest BCUT2D eigenvalue weighted by atomic mass is 10.1. The molecule has 3 aromatic rings. The molecule has 130 valence electrons. The number of nitrogens with one attached hydrogen (secondary N) is 1. The Bertz CT molecular complexity index is 955. The Morgan fingerprint density at radius 3 is 2.24 bits per heavy atom. The van der Waals surface area contributed by atoms with Crippen molar-refractivity contribution in [2.24, 2.45) is 0 Å². The Labute approximate surface area is 147 Å². The molecule has 0 fully saturated rings. The van der Waals surface area contributed by atoms with E-state index in [9.17, 15) is 8.42 Å². The fourth-order valence-electron chi connectivity index (χ4n) is 2.98. The van der Waals surface area contributed by atoms with Gasteiger partial charge in [0.15, 0.2) is 0 Å². The average molecular weight is 356 g/mol. The van der Waals surface area contributed by atoms with Gasteiger partial charge in [0.25, 0.3) is 10.0 Å². The predicted octanol–water partition coefficient (Wildman–Crippen LogP) is 3.05. The molecule has 3 rings (SSSR count). The molecule has 1 N–H and O–H groups in total. The van der Waals surface area contributed by atoms with Gasteiger partial charge in [-0.2, -0.15) is 5.10 Å². The van der Waals surface area contributed by atoms with Gasteiger partial charge in [-0.3, -0.25) is 4.72 Å². The van der Waals surface area contributed by atoms with E-state index in [1.54, 1.807) is 23.1 Å². The van der Waals surface area contributed by atoms with Crippen molar-refractivity contribution >= 4 is 15.7 Å². The molecule has 0 aliphatic carbocycles. The third-order valence-corrected chi connectivity index (χ3v) is 5.58. The van der Waals surface area contributed by atoms with E-state index in [1.807, 2.05) is 45.0 Å². The maximum atomic E-state index is 12.8. The molecule has 25 heavy (non-hydrogen) atoms. The largest absolute Gasteiger partial charge is 0.280 e. The summed E-state index contributed by atoms with van der Waals surface area (Å²) in [6, 6.07) is 11.0. The zero-order valence-electron chi connectivity index (χ0n) is 14.4. The van der Waals surface area contributed by atoms with Gasteiger partial charge in [-0.1, -0.05) is 29.8 Å². The van der Waals surface area contributed by atoms with Crippen molar-refractivity contribution in [3.8, 4) is 0 Å². The molecule has 0 radical (unpaired) electrons. The number of anilines is 1. The Kier molecular flexibility index (Phi) is 4.59. The van der Waals surface area contributed by atoms with Crippen LogP contribution in [0, 0.1) is 20.8 Å². The molecule has 0 unspecified atom stereocenters. The minimum absolute atomic E-state index is 0.338. The van der Waals surface area contributed by atoms with Crippen LogP contribution < -0.4 is 4.72 Å². The molecule has 0 aliphatic rings. The van der Waals surface area contributed by atoms with Crippen molar-refractivity contribution in [2.75, 3.05) is 4.72 Å². The number of rotatable bonds is 5. The van der Waals surface area contributed by atoms with E-state index in [2.05, 4.69) is 14.8 Å². The fourth-order valence-corrected chi connectivity index (χ4v) is 4.49. The van der Waals surface area contributed by atoms with Gasteiger partial charge >= 0.3 is 0 Å². The quantitative estimate of drug-likeness (QED) is 0.762. The van der Waals surface area contributed by atoms with Crippen LogP contribution in [-0.4, -0.2) is 23.2 Å². The highest BCUT2D eigenvalue weighted by molar-refractivity contribution is 7.92. The Morgan fingerprint density at radius 2 is 1.68 bits per heavy atom. The number of aryl methyl sites for hydroxylation is 3. The molecule has 0 amide bonds. The molecule has 0 atom stereocenters. The summed E-state index contributed by atoms with van der Waals surface area (Å²) in [6.07, 6.45) is 3.12. The second-order valence-electron chi connectivity index (χ2n) is 6.12. The lowest BCUT2D eigenvalue weighted by Crippen LogP contribution is -2.16. The van der Waals surface area contributed by atoms with Crippen LogP contribution in [0.3, 0.4) is 0 Å². The van der Waals surface area contributed by atoms with Gasteiger partial charge in [0.1, 0.15) is 12.7 Å². The normalized spacial score (nSPS) is 11.5. The first-order valence-corrected chi connectivity index (χ1v) is 9.35. The van der Waals surface area contributed by atoms with Crippen LogP contribution in [0.5, 0.6) is 0 Å². The van der Waals surface area contributed by atoms with Crippen molar-refractivity contribution in [2.45, 2.75) is 32.2 Å². The van der Waals surface area contributed by atoms with E-state index in [0.29, 0.717) is 17.1 Å². The lowest BCUT2D eigenvalue weighted by Gasteiger charge is -2.14. The molecule has 0 saturated heterocycles. The van der Waals surface area contributed by atoms with Crippen LogP contribution in [0.15, 0.2) is 53.9 Å². The minimum atomic E-state index is -3.63. The molecule has 1 heterocycles. The van der Waals surface area contributed by atoms with E-state index in [-0.39, 0.29) is 0 Å². The van der Waals surface area contributed by atoms with E-state index in [0.717, 1.165) is 22.3 Å². The first-order valence-electron chi connectivity index (χ1n) is 7.87. The third-order valence-electron chi connectivity index (χ3n) is 3.89. The number of benzene rings is 2. The zero-order chi connectivity index (χ0) is 18.0. The molecular formula is C18H20N4O2S. The van der Waals surface area contributed by atoms with Crippen LogP contribution >= 0.6 is 0 Å². The molecule has 0 spiro atoms. The Morgan fingerprint density at radius 1 is 1.04 bits per heavy atom. The average Bonchev–Trinajstić information content (AvgIpc) is 3.00. The summed E-state index contributed by atoms with van der Waals surface area (Å²) < 4.78 is 29.9. The molecular weight excluding hydrogens is 336 g/mol. The molecule has 0 aliphatic heterocycles. The second kappa shape index (κ2) is 6.68. The number of aromatic nitrogens is 3. The van der Waals surface area contributed by atoms with Crippen LogP contribution in [0.2, 0.25) is 0 Å². The summed E-state index contributed by atoms with van der Waals surface area (Å²) in [5.74, 6) is 0.